The number of aromatic hydroxyl groups is 1. The molecule has 0 amide bonds. The SMILES string of the molecule is CC1C(=O)c2ccc(O)cc2OC1c1ccccc1. The van der Waals surface area contributed by atoms with E-state index in [1.807, 2.05) is 37.3 Å². The molecule has 0 aromatic heterocycles. The number of Topliss-reactive ketones (excluding diaryl/α,β-unsaturated/α-hetero) is 1. The van der Waals surface area contributed by atoms with Crippen molar-refractivity contribution in [1.82, 2.24) is 0 Å². The molecular weight excluding hydrogens is 240 g/mol. The second kappa shape index (κ2) is 4.43. The second-order valence-electron chi connectivity index (χ2n) is 4.78. The summed E-state index contributed by atoms with van der Waals surface area (Å²) >= 11 is 0. The molecule has 3 rings (SSSR count). The van der Waals surface area contributed by atoms with Crippen molar-refractivity contribution in [3.63, 3.8) is 0 Å². The van der Waals surface area contributed by atoms with Gasteiger partial charge in [0, 0.05) is 6.07 Å². The number of carbonyl (C=O) groups excluding carboxylic acids is 1. The fourth-order valence-electron chi connectivity index (χ4n) is 2.43. The van der Waals surface area contributed by atoms with E-state index in [1.54, 1.807) is 6.07 Å². The van der Waals surface area contributed by atoms with Crippen LogP contribution in [0.2, 0.25) is 0 Å². The Morgan fingerprint density at radius 3 is 2.58 bits per heavy atom. The highest BCUT2D eigenvalue weighted by atomic mass is 16.5. The molecule has 1 aliphatic rings. The van der Waals surface area contributed by atoms with Crippen LogP contribution in [0.4, 0.5) is 0 Å². The monoisotopic (exact) mass is 254 g/mol. The third-order valence-electron chi connectivity index (χ3n) is 3.48. The fraction of sp³-hybridized carbons (Fsp3) is 0.188. The van der Waals surface area contributed by atoms with Crippen molar-refractivity contribution < 1.29 is 14.6 Å². The molecule has 0 aliphatic carbocycles. The Hall–Kier alpha value is -2.29. The first-order valence-electron chi connectivity index (χ1n) is 6.25. The Labute approximate surface area is 111 Å². The van der Waals surface area contributed by atoms with E-state index in [-0.39, 0.29) is 23.6 Å². The third-order valence-corrected chi connectivity index (χ3v) is 3.48. The molecule has 2 atom stereocenters. The number of benzene rings is 2. The van der Waals surface area contributed by atoms with Gasteiger partial charge in [-0.15, -0.1) is 0 Å². The lowest BCUT2D eigenvalue weighted by Crippen LogP contribution is -2.29. The first-order valence-corrected chi connectivity index (χ1v) is 6.25. The molecule has 0 saturated carbocycles. The Balaban J connectivity index is 2.05. The van der Waals surface area contributed by atoms with Crippen LogP contribution in [0.5, 0.6) is 11.5 Å². The van der Waals surface area contributed by atoms with Crippen molar-refractivity contribution in [2.45, 2.75) is 13.0 Å². The van der Waals surface area contributed by atoms with Crippen LogP contribution in [0.15, 0.2) is 48.5 Å². The molecule has 0 fully saturated rings. The first kappa shape index (κ1) is 11.8. The molecule has 96 valence electrons. The van der Waals surface area contributed by atoms with Crippen molar-refractivity contribution in [3.8, 4) is 11.5 Å². The normalized spacial score (nSPS) is 21.6. The molecular formula is C16H14O3. The topological polar surface area (TPSA) is 46.5 Å². The van der Waals surface area contributed by atoms with Crippen LogP contribution in [-0.4, -0.2) is 10.9 Å². The molecule has 3 heteroatoms. The highest BCUT2D eigenvalue weighted by molar-refractivity contribution is 6.01. The predicted octanol–water partition coefficient (Wildman–Crippen LogP) is 3.34. The molecule has 2 aromatic carbocycles. The molecule has 0 saturated heterocycles. The van der Waals surface area contributed by atoms with Gasteiger partial charge in [0.15, 0.2) is 5.78 Å². The molecule has 0 bridgehead atoms. The van der Waals surface area contributed by atoms with Crippen LogP contribution in [0.25, 0.3) is 0 Å². The maximum atomic E-state index is 12.3. The number of ether oxygens (including phenoxy) is 1. The highest BCUT2D eigenvalue weighted by Gasteiger charge is 2.34. The minimum absolute atomic E-state index is 0.0510. The van der Waals surface area contributed by atoms with Gasteiger partial charge in [-0.25, -0.2) is 0 Å². The average Bonchev–Trinajstić information content (AvgIpc) is 2.43. The molecule has 2 unspecified atom stereocenters. The summed E-state index contributed by atoms with van der Waals surface area (Å²) in [5.74, 6) is 0.374. The number of hydrogen-bond acceptors (Lipinski definition) is 3. The van der Waals surface area contributed by atoms with Crippen molar-refractivity contribution in [3.05, 3.63) is 59.7 Å². The molecule has 1 heterocycles. The lowest BCUT2D eigenvalue weighted by molar-refractivity contribution is 0.0690. The summed E-state index contributed by atoms with van der Waals surface area (Å²) in [6.07, 6.45) is -0.303. The number of hydrogen-bond donors (Lipinski definition) is 1. The van der Waals surface area contributed by atoms with E-state index in [2.05, 4.69) is 0 Å². The summed E-state index contributed by atoms with van der Waals surface area (Å²) in [7, 11) is 0. The van der Waals surface area contributed by atoms with Gasteiger partial charge in [0.05, 0.1) is 11.5 Å². The van der Waals surface area contributed by atoms with Gasteiger partial charge in [-0.2, -0.15) is 0 Å². The number of phenolic OH excluding ortho intramolecular Hbond substituents is 1. The van der Waals surface area contributed by atoms with Gasteiger partial charge < -0.3 is 9.84 Å². The summed E-state index contributed by atoms with van der Waals surface area (Å²) in [4.78, 5) is 12.3. The zero-order valence-corrected chi connectivity index (χ0v) is 10.5. The van der Waals surface area contributed by atoms with Gasteiger partial charge in [0.25, 0.3) is 0 Å². The van der Waals surface area contributed by atoms with E-state index < -0.39 is 0 Å². The van der Waals surface area contributed by atoms with Gasteiger partial charge in [-0.3, -0.25) is 4.79 Å². The second-order valence-corrected chi connectivity index (χ2v) is 4.78. The summed E-state index contributed by atoms with van der Waals surface area (Å²) in [5.41, 5.74) is 1.51. The van der Waals surface area contributed by atoms with Gasteiger partial charge in [0.2, 0.25) is 0 Å². The van der Waals surface area contributed by atoms with Crippen molar-refractivity contribution in [2.24, 2.45) is 5.92 Å². The quantitative estimate of drug-likeness (QED) is 0.849. The molecule has 2 aromatic rings. The molecule has 0 spiro atoms. The molecule has 0 radical (unpaired) electrons. The minimum Gasteiger partial charge on any atom is -0.508 e. The fourth-order valence-corrected chi connectivity index (χ4v) is 2.43. The van der Waals surface area contributed by atoms with Crippen molar-refractivity contribution >= 4 is 5.78 Å². The Morgan fingerprint density at radius 1 is 1.11 bits per heavy atom. The summed E-state index contributed by atoms with van der Waals surface area (Å²) in [6, 6.07) is 14.3. The van der Waals surface area contributed by atoms with Gasteiger partial charge >= 0.3 is 0 Å². The smallest absolute Gasteiger partial charge is 0.173 e. The lowest BCUT2D eigenvalue weighted by atomic mass is 9.87. The van der Waals surface area contributed by atoms with E-state index in [1.165, 1.54) is 12.1 Å². The van der Waals surface area contributed by atoms with Crippen LogP contribution < -0.4 is 4.74 Å². The molecule has 19 heavy (non-hydrogen) atoms. The first-order chi connectivity index (χ1) is 9.16. The van der Waals surface area contributed by atoms with Crippen LogP contribution in [0, 0.1) is 5.92 Å². The largest absolute Gasteiger partial charge is 0.508 e. The standard InChI is InChI=1S/C16H14O3/c1-10-15(18)13-8-7-12(17)9-14(13)19-16(10)11-5-3-2-4-6-11/h2-10,16-17H,1H3. The number of carbonyl (C=O) groups is 1. The van der Waals surface area contributed by atoms with E-state index in [0.717, 1.165) is 5.56 Å². The summed E-state index contributed by atoms with van der Waals surface area (Å²) < 4.78 is 5.90. The Kier molecular flexibility index (Phi) is 2.75. The van der Waals surface area contributed by atoms with Crippen LogP contribution in [0.3, 0.4) is 0 Å². The highest BCUT2D eigenvalue weighted by Crippen LogP contribution is 2.39. The van der Waals surface area contributed by atoms with E-state index in [4.69, 9.17) is 4.74 Å². The summed E-state index contributed by atoms with van der Waals surface area (Å²) in [5, 5.41) is 9.51. The van der Waals surface area contributed by atoms with Crippen LogP contribution in [0.1, 0.15) is 28.9 Å². The van der Waals surface area contributed by atoms with E-state index in [0.29, 0.717) is 11.3 Å². The number of ketones is 1. The third kappa shape index (κ3) is 1.97. The number of fused-ring (bicyclic) bond motifs is 1. The molecule has 3 nitrogen and oxygen atoms in total. The van der Waals surface area contributed by atoms with Crippen molar-refractivity contribution in [1.29, 1.82) is 0 Å². The zero-order valence-electron chi connectivity index (χ0n) is 10.5. The predicted molar refractivity (Wildman–Crippen MR) is 71.4 cm³/mol. The van der Waals surface area contributed by atoms with E-state index >= 15 is 0 Å². The molecule has 1 N–H and O–H groups in total. The van der Waals surface area contributed by atoms with Gasteiger partial charge in [-0.1, -0.05) is 37.3 Å². The Morgan fingerprint density at radius 2 is 1.84 bits per heavy atom. The van der Waals surface area contributed by atoms with Gasteiger partial charge in [0.1, 0.15) is 17.6 Å². The zero-order chi connectivity index (χ0) is 13.4. The van der Waals surface area contributed by atoms with Gasteiger partial charge in [-0.05, 0) is 17.7 Å². The van der Waals surface area contributed by atoms with E-state index in [9.17, 15) is 9.90 Å². The Bertz CT molecular complexity index is 619. The minimum atomic E-state index is -0.303. The maximum absolute atomic E-state index is 12.3. The van der Waals surface area contributed by atoms with Crippen LogP contribution in [-0.2, 0) is 0 Å². The number of phenols is 1. The van der Waals surface area contributed by atoms with Crippen molar-refractivity contribution in [2.75, 3.05) is 0 Å². The maximum Gasteiger partial charge on any atom is 0.173 e. The van der Waals surface area contributed by atoms with Crippen LogP contribution >= 0.6 is 0 Å². The summed E-state index contributed by atoms with van der Waals surface area (Å²) in [6.45, 7) is 1.87. The number of rotatable bonds is 1. The average molecular weight is 254 g/mol. The molecule has 1 aliphatic heterocycles. The lowest BCUT2D eigenvalue weighted by Gasteiger charge is -2.30.